The minimum atomic E-state index is -3.54. The third-order valence-electron chi connectivity index (χ3n) is 4.02. The number of H-pyrrole nitrogens is 1. The van der Waals surface area contributed by atoms with E-state index in [1.807, 2.05) is 20.8 Å². The number of piperidine rings is 1. The van der Waals surface area contributed by atoms with E-state index in [0.29, 0.717) is 6.54 Å². The zero-order chi connectivity index (χ0) is 14.9. The van der Waals surface area contributed by atoms with Crippen molar-refractivity contribution in [3.63, 3.8) is 0 Å². The number of aromatic amines is 1. The van der Waals surface area contributed by atoms with E-state index in [2.05, 4.69) is 15.5 Å². The summed E-state index contributed by atoms with van der Waals surface area (Å²) in [7, 11) is -1.74. The molecule has 0 aliphatic carbocycles. The Kier molecular flexibility index (Phi) is 4.51. The fourth-order valence-corrected chi connectivity index (χ4v) is 5.06. The molecule has 1 saturated heterocycles. The Hall–Kier alpha value is -0.920. The maximum absolute atomic E-state index is 12.9. The van der Waals surface area contributed by atoms with Crippen LogP contribution >= 0.6 is 0 Å². The zero-order valence-electron chi connectivity index (χ0n) is 12.6. The molecule has 2 rings (SSSR count). The smallest absolute Gasteiger partial charge is 0.263 e. The van der Waals surface area contributed by atoms with Crippen molar-refractivity contribution in [2.24, 2.45) is 0 Å². The van der Waals surface area contributed by atoms with E-state index in [-0.39, 0.29) is 17.1 Å². The molecule has 2 N–H and O–H groups in total. The van der Waals surface area contributed by atoms with Gasteiger partial charge in [-0.05, 0) is 40.7 Å². The summed E-state index contributed by atoms with van der Waals surface area (Å²) in [6.45, 7) is 6.30. The second-order valence-electron chi connectivity index (χ2n) is 5.63. The van der Waals surface area contributed by atoms with E-state index in [9.17, 15) is 8.42 Å². The standard InChI is InChI=1S/C13H24N4O2S/c1-9-6-5-7-10(2)17(9)20(18,19)13-12(8-14-4)11(3)15-16-13/h9-10,14H,5-8H2,1-4H3,(H,15,16)/t9-,10+. The lowest BCUT2D eigenvalue weighted by Gasteiger charge is -2.37. The van der Waals surface area contributed by atoms with E-state index >= 15 is 0 Å². The molecule has 1 aliphatic rings. The number of hydrogen-bond acceptors (Lipinski definition) is 4. The average Bonchev–Trinajstić information content (AvgIpc) is 2.72. The highest BCUT2D eigenvalue weighted by atomic mass is 32.2. The van der Waals surface area contributed by atoms with Crippen molar-refractivity contribution in [3.8, 4) is 0 Å². The molecule has 114 valence electrons. The molecule has 6 nitrogen and oxygen atoms in total. The first-order valence-corrected chi connectivity index (χ1v) is 8.55. The molecule has 1 aromatic heterocycles. The predicted octanol–water partition coefficient (Wildman–Crippen LogP) is 1.39. The Morgan fingerprint density at radius 3 is 2.50 bits per heavy atom. The minimum absolute atomic E-state index is 0.0307. The molecule has 0 amide bonds. The summed E-state index contributed by atoms with van der Waals surface area (Å²) in [5.41, 5.74) is 1.53. The van der Waals surface area contributed by atoms with Crippen LogP contribution in [0.5, 0.6) is 0 Å². The number of hydrogen-bond donors (Lipinski definition) is 2. The Labute approximate surface area is 121 Å². The van der Waals surface area contributed by atoms with Crippen molar-refractivity contribution >= 4 is 10.0 Å². The van der Waals surface area contributed by atoms with E-state index in [4.69, 9.17) is 0 Å². The van der Waals surface area contributed by atoms with Crippen LogP contribution in [0.2, 0.25) is 0 Å². The van der Waals surface area contributed by atoms with Crippen molar-refractivity contribution in [2.45, 2.75) is 63.7 Å². The van der Waals surface area contributed by atoms with Gasteiger partial charge in [0.15, 0.2) is 5.03 Å². The molecule has 1 aliphatic heterocycles. The van der Waals surface area contributed by atoms with Gasteiger partial charge in [0.1, 0.15) is 0 Å². The van der Waals surface area contributed by atoms with E-state index < -0.39 is 10.0 Å². The first-order chi connectivity index (χ1) is 9.39. The molecule has 0 bridgehead atoms. The molecule has 2 heterocycles. The molecule has 1 fully saturated rings. The van der Waals surface area contributed by atoms with Gasteiger partial charge in [-0.15, -0.1) is 0 Å². The monoisotopic (exact) mass is 300 g/mol. The summed E-state index contributed by atoms with van der Waals surface area (Å²) in [6, 6.07) is 0.0615. The van der Waals surface area contributed by atoms with Gasteiger partial charge in [-0.1, -0.05) is 6.42 Å². The fraction of sp³-hybridized carbons (Fsp3) is 0.769. The van der Waals surface area contributed by atoms with E-state index in [1.165, 1.54) is 0 Å². The van der Waals surface area contributed by atoms with Crippen LogP contribution in [0, 0.1) is 6.92 Å². The molecule has 0 unspecified atom stereocenters. The Bertz CT molecular complexity index is 557. The quantitative estimate of drug-likeness (QED) is 0.881. The van der Waals surface area contributed by atoms with Crippen LogP contribution in [0.15, 0.2) is 5.03 Å². The summed E-state index contributed by atoms with van der Waals surface area (Å²) in [4.78, 5) is 0. The first-order valence-electron chi connectivity index (χ1n) is 7.11. The topological polar surface area (TPSA) is 78.1 Å². The molecule has 0 radical (unpaired) electrons. The lowest BCUT2D eigenvalue weighted by molar-refractivity contribution is 0.203. The number of rotatable bonds is 4. The van der Waals surface area contributed by atoms with Gasteiger partial charge in [0, 0.05) is 29.9 Å². The van der Waals surface area contributed by atoms with Gasteiger partial charge in [-0.3, -0.25) is 5.10 Å². The van der Waals surface area contributed by atoms with Crippen molar-refractivity contribution in [3.05, 3.63) is 11.3 Å². The fourth-order valence-electron chi connectivity index (χ4n) is 3.00. The molecule has 7 heteroatoms. The lowest BCUT2D eigenvalue weighted by Crippen LogP contribution is -2.47. The third-order valence-corrected chi connectivity index (χ3v) is 6.13. The number of aryl methyl sites for hydroxylation is 1. The first kappa shape index (κ1) is 15.5. The lowest BCUT2D eigenvalue weighted by atomic mass is 10.0. The summed E-state index contributed by atoms with van der Waals surface area (Å²) in [5.74, 6) is 0. The summed E-state index contributed by atoms with van der Waals surface area (Å²) in [6.07, 6.45) is 2.90. The highest BCUT2D eigenvalue weighted by Crippen LogP contribution is 2.30. The van der Waals surface area contributed by atoms with Gasteiger partial charge in [0.25, 0.3) is 10.0 Å². The minimum Gasteiger partial charge on any atom is -0.316 e. The summed E-state index contributed by atoms with van der Waals surface area (Å²) < 4.78 is 27.5. The highest BCUT2D eigenvalue weighted by Gasteiger charge is 2.38. The third kappa shape index (κ3) is 2.62. The van der Waals surface area contributed by atoms with Crippen LogP contribution in [-0.2, 0) is 16.6 Å². The van der Waals surface area contributed by atoms with E-state index in [0.717, 1.165) is 30.5 Å². The molecule has 1 aromatic rings. The second-order valence-corrected chi connectivity index (χ2v) is 7.39. The van der Waals surface area contributed by atoms with Crippen molar-refractivity contribution < 1.29 is 8.42 Å². The molecule has 0 aromatic carbocycles. The van der Waals surface area contributed by atoms with Crippen LogP contribution in [-0.4, -0.2) is 42.1 Å². The van der Waals surface area contributed by atoms with Gasteiger partial charge in [-0.2, -0.15) is 9.40 Å². The van der Waals surface area contributed by atoms with Gasteiger partial charge >= 0.3 is 0 Å². The normalized spacial score (nSPS) is 25.0. The Balaban J connectivity index is 2.44. The number of nitrogens with one attached hydrogen (secondary N) is 2. The Morgan fingerprint density at radius 2 is 1.95 bits per heavy atom. The van der Waals surface area contributed by atoms with Crippen LogP contribution in [0.1, 0.15) is 44.4 Å². The van der Waals surface area contributed by atoms with Crippen LogP contribution in [0.4, 0.5) is 0 Å². The van der Waals surface area contributed by atoms with Crippen LogP contribution < -0.4 is 5.32 Å². The molecule has 0 spiro atoms. The molecular formula is C13H24N4O2S. The Morgan fingerprint density at radius 1 is 1.35 bits per heavy atom. The SMILES string of the molecule is CNCc1c(S(=O)(=O)N2[C@H](C)CCC[C@@H]2C)n[nH]c1C. The number of nitrogens with zero attached hydrogens (tertiary/aromatic N) is 2. The molecule has 2 atom stereocenters. The number of sulfonamides is 1. The van der Waals surface area contributed by atoms with Gasteiger partial charge in [0.2, 0.25) is 0 Å². The second kappa shape index (κ2) is 5.83. The zero-order valence-corrected chi connectivity index (χ0v) is 13.4. The van der Waals surface area contributed by atoms with Gasteiger partial charge < -0.3 is 5.32 Å². The van der Waals surface area contributed by atoms with Crippen molar-refractivity contribution in [1.82, 2.24) is 19.8 Å². The molecular weight excluding hydrogens is 276 g/mol. The van der Waals surface area contributed by atoms with Crippen LogP contribution in [0.3, 0.4) is 0 Å². The molecule has 20 heavy (non-hydrogen) atoms. The number of aromatic nitrogens is 2. The highest BCUT2D eigenvalue weighted by molar-refractivity contribution is 7.89. The summed E-state index contributed by atoms with van der Waals surface area (Å²) in [5, 5.41) is 10.0. The van der Waals surface area contributed by atoms with Gasteiger partial charge in [0.05, 0.1) is 0 Å². The molecule has 0 saturated carbocycles. The maximum atomic E-state index is 12.9. The largest absolute Gasteiger partial charge is 0.316 e. The average molecular weight is 300 g/mol. The summed E-state index contributed by atoms with van der Waals surface area (Å²) >= 11 is 0. The van der Waals surface area contributed by atoms with Crippen LogP contribution in [0.25, 0.3) is 0 Å². The maximum Gasteiger partial charge on any atom is 0.263 e. The predicted molar refractivity (Wildman–Crippen MR) is 77.9 cm³/mol. The van der Waals surface area contributed by atoms with Crippen molar-refractivity contribution in [1.29, 1.82) is 0 Å². The van der Waals surface area contributed by atoms with E-state index in [1.54, 1.807) is 11.4 Å². The van der Waals surface area contributed by atoms with Crippen molar-refractivity contribution in [2.75, 3.05) is 7.05 Å². The van der Waals surface area contributed by atoms with Gasteiger partial charge in [-0.25, -0.2) is 8.42 Å².